The van der Waals surface area contributed by atoms with E-state index in [0.717, 1.165) is 33.1 Å². The minimum absolute atomic E-state index is 0.906. The highest BCUT2D eigenvalue weighted by Gasteiger charge is 2.48. The second-order valence-corrected chi connectivity index (χ2v) is 24.2. The smallest absolute Gasteiger partial charge is 0.182 e. The second-order valence-electron chi connectivity index (χ2n) is 19.5. The Kier molecular flexibility index (Phi) is 9.87. The fourth-order valence-corrected chi connectivity index (χ4v) is 19.6. The van der Waals surface area contributed by atoms with Crippen LogP contribution in [0.25, 0.3) is 105 Å². The van der Waals surface area contributed by atoms with E-state index in [1.807, 2.05) is 17.8 Å². The lowest BCUT2D eigenvalue weighted by atomic mass is 9.97. The zero-order valence-corrected chi connectivity index (χ0v) is 42.1. The molecule has 0 aliphatic carbocycles. The number of rotatable bonds is 7. The maximum absolute atomic E-state index is 6.61. The molecular weight excluding hydrogens is 931 g/mol. The highest BCUT2D eigenvalue weighted by Crippen LogP contribution is 2.43. The number of furan rings is 1. The third kappa shape index (κ3) is 6.52. The van der Waals surface area contributed by atoms with Crippen molar-refractivity contribution in [3.8, 4) is 50.2 Å². The van der Waals surface area contributed by atoms with Crippen LogP contribution < -0.4 is 20.7 Å². The Bertz CT molecular complexity index is 4480. The van der Waals surface area contributed by atoms with Crippen LogP contribution in [0.4, 0.5) is 0 Å². The zero-order chi connectivity index (χ0) is 48.7. The Balaban J connectivity index is 0.980. The molecular formula is C70H45NOSSi. The molecule has 0 fully saturated rings. The molecule has 1 aliphatic heterocycles. The number of aromatic nitrogens is 1. The molecule has 0 bridgehead atoms. The van der Waals surface area contributed by atoms with Crippen LogP contribution in [-0.4, -0.2) is 12.6 Å². The first-order valence-electron chi connectivity index (χ1n) is 25.4. The molecule has 346 valence electrons. The van der Waals surface area contributed by atoms with Crippen molar-refractivity contribution in [3.05, 3.63) is 273 Å². The monoisotopic (exact) mass is 975 g/mol. The lowest BCUT2D eigenvalue weighted by molar-refractivity contribution is 0.670. The summed E-state index contributed by atoms with van der Waals surface area (Å²) in [4.78, 5) is 2.62. The largest absolute Gasteiger partial charge is 0.455 e. The Morgan fingerprint density at radius 1 is 0.324 bits per heavy atom. The number of para-hydroxylation sites is 4. The van der Waals surface area contributed by atoms with E-state index in [1.165, 1.54) is 102 Å². The van der Waals surface area contributed by atoms with Gasteiger partial charge in [-0.15, -0.1) is 0 Å². The van der Waals surface area contributed by atoms with Crippen LogP contribution in [0.15, 0.2) is 287 Å². The average molecular weight is 976 g/mol. The molecule has 2 aromatic heterocycles. The molecule has 12 aromatic carbocycles. The molecule has 74 heavy (non-hydrogen) atoms. The average Bonchev–Trinajstić information content (AvgIpc) is 4.08. The molecule has 14 aromatic rings. The molecule has 0 saturated heterocycles. The molecule has 0 radical (unpaired) electrons. The van der Waals surface area contributed by atoms with Gasteiger partial charge < -0.3 is 8.98 Å². The highest BCUT2D eigenvalue weighted by molar-refractivity contribution is 8.00. The van der Waals surface area contributed by atoms with Crippen LogP contribution in [0.2, 0.25) is 0 Å². The Labute approximate surface area is 434 Å². The van der Waals surface area contributed by atoms with Crippen molar-refractivity contribution in [2.75, 3.05) is 0 Å². The molecule has 0 N–H and O–H groups in total. The van der Waals surface area contributed by atoms with Gasteiger partial charge >= 0.3 is 0 Å². The molecule has 2 nitrogen and oxygen atoms in total. The predicted octanol–water partition coefficient (Wildman–Crippen LogP) is 16.3. The summed E-state index contributed by atoms with van der Waals surface area (Å²) in [6, 6.07) is 101. The first-order chi connectivity index (χ1) is 36.7. The maximum Gasteiger partial charge on any atom is 0.182 e. The van der Waals surface area contributed by atoms with Gasteiger partial charge in [-0.05, 0) is 108 Å². The van der Waals surface area contributed by atoms with Gasteiger partial charge in [0.05, 0.1) is 16.7 Å². The van der Waals surface area contributed by atoms with Crippen molar-refractivity contribution in [1.82, 2.24) is 4.57 Å². The lowest BCUT2D eigenvalue weighted by Crippen LogP contribution is -2.76. The first kappa shape index (κ1) is 42.7. The minimum atomic E-state index is -3.19. The van der Waals surface area contributed by atoms with Crippen LogP contribution in [0.5, 0.6) is 0 Å². The van der Waals surface area contributed by atoms with E-state index in [0.29, 0.717) is 0 Å². The standard InChI is InChI=1S/C70H45NOSSi/c1-2-18-46(19-3-1)48-20-12-21-49(44-48)47-40-42-52(43-41-47)74(66-38-17-29-57-59(66)30-15-34-63(57)71-61-32-7-4-24-55(61)56-25-5-8-33-62(56)71)67-37-11-10-36-65(67)73-70-54(28-16-39-68(70)74)51-23-13-22-50(45-51)53-27-14-31-60-58-26-6-9-35-64(58)72-69(53)60/h1-45H. The van der Waals surface area contributed by atoms with Crippen molar-refractivity contribution in [1.29, 1.82) is 0 Å². The van der Waals surface area contributed by atoms with Crippen LogP contribution >= 0.6 is 11.8 Å². The zero-order valence-electron chi connectivity index (χ0n) is 40.2. The first-order valence-corrected chi connectivity index (χ1v) is 28.2. The van der Waals surface area contributed by atoms with Crippen LogP contribution in [0, 0.1) is 0 Å². The van der Waals surface area contributed by atoms with E-state index < -0.39 is 8.07 Å². The van der Waals surface area contributed by atoms with Gasteiger partial charge in [-0.2, -0.15) is 0 Å². The van der Waals surface area contributed by atoms with E-state index >= 15 is 0 Å². The Morgan fingerprint density at radius 3 is 1.64 bits per heavy atom. The van der Waals surface area contributed by atoms with Crippen LogP contribution in [0.3, 0.4) is 0 Å². The number of hydrogen-bond donors (Lipinski definition) is 0. The summed E-state index contributed by atoms with van der Waals surface area (Å²) in [6.07, 6.45) is 0. The molecule has 1 aliphatic rings. The van der Waals surface area contributed by atoms with Gasteiger partial charge in [-0.25, -0.2) is 0 Å². The summed E-state index contributed by atoms with van der Waals surface area (Å²) >= 11 is 1.92. The summed E-state index contributed by atoms with van der Waals surface area (Å²) in [5, 5.41) is 12.8. The second kappa shape index (κ2) is 17.1. The van der Waals surface area contributed by atoms with Crippen molar-refractivity contribution in [2.45, 2.75) is 9.79 Å². The number of hydrogen-bond acceptors (Lipinski definition) is 2. The predicted molar refractivity (Wildman–Crippen MR) is 315 cm³/mol. The molecule has 3 heterocycles. The lowest BCUT2D eigenvalue weighted by Gasteiger charge is -2.41. The van der Waals surface area contributed by atoms with Gasteiger partial charge in [0.2, 0.25) is 0 Å². The fourth-order valence-electron chi connectivity index (χ4n) is 12.3. The van der Waals surface area contributed by atoms with Gasteiger partial charge in [0.15, 0.2) is 8.07 Å². The third-order valence-electron chi connectivity index (χ3n) is 15.6. The van der Waals surface area contributed by atoms with E-state index in [-0.39, 0.29) is 0 Å². The summed E-state index contributed by atoms with van der Waals surface area (Å²) < 4.78 is 9.10. The van der Waals surface area contributed by atoms with E-state index in [1.54, 1.807) is 0 Å². The van der Waals surface area contributed by atoms with E-state index in [4.69, 9.17) is 4.42 Å². The van der Waals surface area contributed by atoms with Gasteiger partial charge in [0.25, 0.3) is 0 Å². The normalized spacial score (nSPS) is 14.2. The van der Waals surface area contributed by atoms with Crippen molar-refractivity contribution in [3.63, 3.8) is 0 Å². The maximum atomic E-state index is 6.61. The topological polar surface area (TPSA) is 18.1 Å². The molecule has 15 rings (SSSR count). The number of fused-ring (bicyclic) bond motifs is 9. The van der Waals surface area contributed by atoms with Gasteiger partial charge in [0, 0.05) is 42.3 Å². The van der Waals surface area contributed by atoms with Gasteiger partial charge in [-0.3, -0.25) is 0 Å². The minimum Gasteiger partial charge on any atom is -0.455 e. The molecule has 0 saturated carbocycles. The summed E-state index contributed by atoms with van der Waals surface area (Å²) in [6.45, 7) is 0. The SMILES string of the molecule is c1ccc(-c2cccc(-c3ccc([Si]4(c5cccc6c(-n7c8ccccc8c8ccccc87)cccc56)c5ccccc5Sc5c(-c6cccc(-c7cccc8c7oc7ccccc78)c6)cccc54)cc3)c2)cc1. The Hall–Kier alpha value is -8.93. The van der Waals surface area contributed by atoms with E-state index in [2.05, 4.69) is 271 Å². The molecule has 1 atom stereocenters. The van der Waals surface area contributed by atoms with Gasteiger partial charge in [-0.1, -0.05) is 242 Å². The summed E-state index contributed by atoms with van der Waals surface area (Å²) in [5.74, 6) is 0. The van der Waals surface area contributed by atoms with Gasteiger partial charge in [0.1, 0.15) is 11.2 Å². The quantitative estimate of drug-likeness (QED) is 0.148. The van der Waals surface area contributed by atoms with Crippen LogP contribution in [-0.2, 0) is 0 Å². The molecule has 0 spiro atoms. The molecule has 0 amide bonds. The Morgan fingerprint density at radius 2 is 0.838 bits per heavy atom. The number of benzene rings is 12. The summed E-state index contributed by atoms with van der Waals surface area (Å²) in [5.41, 5.74) is 14.9. The number of nitrogens with zero attached hydrogens (tertiary/aromatic N) is 1. The van der Waals surface area contributed by atoms with Crippen molar-refractivity contribution in [2.24, 2.45) is 0 Å². The molecule has 1 unspecified atom stereocenters. The molecule has 4 heteroatoms. The highest BCUT2D eigenvalue weighted by atomic mass is 32.2. The third-order valence-corrected chi connectivity index (χ3v) is 22.1. The van der Waals surface area contributed by atoms with Crippen molar-refractivity contribution < 1.29 is 4.42 Å². The fraction of sp³-hybridized carbons (Fsp3) is 0. The summed E-state index contributed by atoms with van der Waals surface area (Å²) in [7, 11) is -3.19. The van der Waals surface area contributed by atoms with E-state index in [9.17, 15) is 0 Å². The van der Waals surface area contributed by atoms with Crippen molar-refractivity contribution >= 4 is 95.1 Å². The van der Waals surface area contributed by atoms with Crippen LogP contribution in [0.1, 0.15) is 0 Å².